The van der Waals surface area contributed by atoms with Crippen LogP contribution in [-0.2, 0) is 4.79 Å². The van der Waals surface area contributed by atoms with Gasteiger partial charge in [-0.05, 0) is 55.2 Å². The van der Waals surface area contributed by atoms with E-state index in [4.69, 9.17) is 14.2 Å². The first-order valence-electron chi connectivity index (χ1n) is 9.02. The minimum atomic E-state index is 0.0351. The Morgan fingerprint density at radius 3 is 2.27 bits per heavy atom. The summed E-state index contributed by atoms with van der Waals surface area (Å²) >= 11 is 0. The van der Waals surface area contributed by atoms with E-state index in [0.29, 0.717) is 18.1 Å². The third-order valence-electron chi connectivity index (χ3n) is 4.44. The Kier molecular flexibility index (Phi) is 6.00. The van der Waals surface area contributed by atoms with E-state index in [9.17, 15) is 4.79 Å². The molecule has 0 aromatic heterocycles. The van der Waals surface area contributed by atoms with Gasteiger partial charge in [0.05, 0.1) is 13.7 Å². The molecule has 1 aliphatic rings. The maximum atomic E-state index is 12.2. The predicted octanol–water partition coefficient (Wildman–Crippen LogP) is 3.76. The second kappa shape index (κ2) is 8.61. The first-order valence-corrected chi connectivity index (χ1v) is 9.02. The Bertz CT molecular complexity index is 736. The van der Waals surface area contributed by atoms with Crippen LogP contribution in [0.15, 0.2) is 42.5 Å². The molecule has 1 heterocycles. The Labute approximate surface area is 154 Å². The molecule has 5 heteroatoms. The van der Waals surface area contributed by atoms with E-state index in [-0.39, 0.29) is 12.5 Å². The highest BCUT2D eigenvalue weighted by atomic mass is 16.5. The normalized spacial score (nSPS) is 13.5. The van der Waals surface area contributed by atoms with Crippen molar-refractivity contribution in [3.63, 3.8) is 0 Å². The number of nitrogens with zero attached hydrogens (tertiary/aromatic N) is 1. The van der Waals surface area contributed by atoms with Crippen molar-refractivity contribution in [3.05, 3.63) is 42.5 Å². The number of amides is 1. The van der Waals surface area contributed by atoms with Crippen LogP contribution in [0, 0.1) is 0 Å². The molecule has 0 spiro atoms. The molecule has 2 aromatic carbocycles. The summed E-state index contributed by atoms with van der Waals surface area (Å²) in [4.78, 5) is 14.0. The van der Waals surface area contributed by atoms with Crippen molar-refractivity contribution < 1.29 is 19.0 Å². The lowest BCUT2D eigenvalue weighted by Crippen LogP contribution is -2.32. The molecule has 5 nitrogen and oxygen atoms in total. The molecule has 0 aliphatic carbocycles. The van der Waals surface area contributed by atoms with Gasteiger partial charge in [-0.15, -0.1) is 0 Å². The van der Waals surface area contributed by atoms with Crippen molar-refractivity contribution in [2.24, 2.45) is 0 Å². The Morgan fingerprint density at radius 2 is 1.62 bits per heavy atom. The highest BCUT2D eigenvalue weighted by Gasteiger charge is 2.18. The molecule has 0 N–H and O–H groups in total. The molecule has 3 rings (SSSR count). The predicted molar refractivity (Wildman–Crippen MR) is 101 cm³/mol. The molecule has 0 radical (unpaired) electrons. The Balaban J connectivity index is 1.74. The van der Waals surface area contributed by atoms with E-state index in [1.807, 2.05) is 48.2 Å². The van der Waals surface area contributed by atoms with Crippen molar-refractivity contribution >= 4 is 5.91 Å². The number of likely N-dealkylation sites (tertiary alicyclic amines) is 1. The van der Waals surface area contributed by atoms with Crippen molar-refractivity contribution in [1.82, 2.24) is 4.90 Å². The summed E-state index contributed by atoms with van der Waals surface area (Å²) in [6, 6.07) is 13.6. The van der Waals surface area contributed by atoms with Crippen molar-refractivity contribution in [2.75, 3.05) is 33.4 Å². The number of carbonyl (C=O) groups excluding carboxylic acids is 1. The fourth-order valence-corrected chi connectivity index (χ4v) is 3.05. The van der Waals surface area contributed by atoms with Crippen molar-refractivity contribution in [2.45, 2.75) is 19.8 Å². The number of rotatable bonds is 7. The number of hydrogen-bond donors (Lipinski definition) is 0. The quantitative estimate of drug-likeness (QED) is 0.759. The minimum Gasteiger partial charge on any atom is -0.497 e. The van der Waals surface area contributed by atoms with Gasteiger partial charge in [0.25, 0.3) is 5.91 Å². The van der Waals surface area contributed by atoms with Crippen molar-refractivity contribution in [1.29, 1.82) is 0 Å². The monoisotopic (exact) mass is 355 g/mol. The lowest BCUT2D eigenvalue weighted by atomic mass is 10.0. The zero-order valence-electron chi connectivity index (χ0n) is 15.4. The van der Waals surface area contributed by atoms with E-state index >= 15 is 0 Å². The van der Waals surface area contributed by atoms with E-state index in [1.165, 1.54) is 0 Å². The summed E-state index contributed by atoms with van der Waals surface area (Å²) in [5, 5.41) is 0. The van der Waals surface area contributed by atoms with Gasteiger partial charge in [-0.2, -0.15) is 0 Å². The summed E-state index contributed by atoms with van der Waals surface area (Å²) < 4.78 is 16.6. The maximum absolute atomic E-state index is 12.2. The van der Waals surface area contributed by atoms with Crippen LogP contribution >= 0.6 is 0 Å². The van der Waals surface area contributed by atoms with Crippen LogP contribution in [0.25, 0.3) is 11.1 Å². The van der Waals surface area contributed by atoms with Gasteiger partial charge in [0.1, 0.15) is 17.2 Å². The molecular weight excluding hydrogens is 330 g/mol. The largest absolute Gasteiger partial charge is 0.497 e. The number of benzene rings is 2. The zero-order valence-corrected chi connectivity index (χ0v) is 15.4. The van der Waals surface area contributed by atoms with Gasteiger partial charge < -0.3 is 19.1 Å². The summed E-state index contributed by atoms with van der Waals surface area (Å²) in [7, 11) is 1.62. The fourth-order valence-electron chi connectivity index (χ4n) is 3.05. The van der Waals surface area contributed by atoms with E-state index in [1.54, 1.807) is 13.2 Å². The average molecular weight is 355 g/mol. The van der Waals surface area contributed by atoms with Gasteiger partial charge in [-0.3, -0.25) is 4.79 Å². The number of ether oxygens (including phenoxy) is 3. The fraction of sp³-hybridized carbons (Fsp3) is 0.381. The molecule has 1 saturated heterocycles. The van der Waals surface area contributed by atoms with Gasteiger partial charge in [-0.25, -0.2) is 0 Å². The Hall–Kier alpha value is -2.69. The lowest BCUT2D eigenvalue weighted by molar-refractivity contribution is -0.132. The summed E-state index contributed by atoms with van der Waals surface area (Å²) in [5.41, 5.74) is 2.00. The van der Waals surface area contributed by atoms with Crippen molar-refractivity contribution in [3.8, 4) is 28.4 Å². The summed E-state index contributed by atoms with van der Waals surface area (Å²) in [5.74, 6) is 2.19. The molecule has 0 bridgehead atoms. The molecule has 138 valence electrons. The molecule has 1 fully saturated rings. The van der Waals surface area contributed by atoms with Crippen LogP contribution in [-0.4, -0.2) is 44.2 Å². The summed E-state index contributed by atoms with van der Waals surface area (Å²) in [6.07, 6.45) is 2.15. The van der Waals surface area contributed by atoms with Crippen LogP contribution in [0.2, 0.25) is 0 Å². The lowest BCUT2D eigenvalue weighted by Gasteiger charge is -2.16. The highest BCUT2D eigenvalue weighted by molar-refractivity contribution is 5.78. The first kappa shape index (κ1) is 18.1. The number of carbonyl (C=O) groups is 1. The van der Waals surface area contributed by atoms with Gasteiger partial charge in [0, 0.05) is 19.2 Å². The van der Waals surface area contributed by atoms with E-state index < -0.39 is 0 Å². The van der Waals surface area contributed by atoms with Gasteiger partial charge in [0.2, 0.25) is 0 Å². The topological polar surface area (TPSA) is 48.0 Å². The van der Waals surface area contributed by atoms with Gasteiger partial charge >= 0.3 is 0 Å². The van der Waals surface area contributed by atoms with Crippen LogP contribution in [0.3, 0.4) is 0 Å². The third-order valence-corrected chi connectivity index (χ3v) is 4.44. The average Bonchev–Trinajstić information content (AvgIpc) is 3.21. The standard InChI is InChI=1S/C21H25NO4/c1-3-25-18-8-6-16(7-9-18)17-12-19(24-2)14-20(13-17)26-15-21(23)22-10-4-5-11-22/h6-9,12-14H,3-5,10-11,15H2,1-2H3. The van der Waals surface area contributed by atoms with Crippen LogP contribution < -0.4 is 14.2 Å². The zero-order chi connectivity index (χ0) is 18.4. The van der Waals surface area contributed by atoms with E-state index in [2.05, 4.69) is 0 Å². The maximum Gasteiger partial charge on any atom is 0.260 e. The molecule has 2 aromatic rings. The molecular formula is C21H25NO4. The van der Waals surface area contributed by atoms with Crippen LogP contribution in [0.5, 0.6) is 17.2 Å². The molecule has 1 amide bonds. The SMILES string of the molecule is CCOc1ccc(-c2cc(OC)cc(OCC(=O)N3CCCC3)c2)cc1. The Morgan fingerprint density at radius 1 is 0.923 bits per heavy atom. The number of methoxy groups -OCH3 is 1. The molecule has 0 unspecified atom stereocenters. The molecule has 26 heavy (non-hydrogen) atoms. The molecule has 1 aliphatic heterocycles. The highest BCUT2D eigenvalue weighted by Crippen LogP contribution is 2.31. The smallest absolute Gasteiger partial charge is 0.260 e. The van der Waals surface area contributed by atoms with Crippen LogP contribution in [0.1, 0.15) is 19.8 Å². The van der Waals surface area contributed by atoms with Gasteiger partial charge in [0.15, 0.2) is 6.61 Å². The molecule has 0 saturated carbocycles. The van der Waals surface area contributed by atoms with E-state index in [0.717, 1.165) is 42.8 Å². The first-order chi connectivity index (χ1) is 12.7. The third kappa shape index (κ3) is 4.48. The second-order valence-electron chi connectivity index (χ2n) is 6.23. The van der Waals surface area contributed by atoms with Crippen LogP contribution in [0.4, 0.5) is 0 Å². The van der Waals surface area contributed by atoms with Gasteiger partial charge in [-0.1, -0.05) is 12.1 Å². The second-order valence-corrected chi connectivity index (χ2v) is 6.23. The number of hydrogen-bond acceptors (Lipinski definition) is 4. The minimum absolute atomic E-state index is 0.0351. The summed E-state index contributed by atoms with van der Waals surface area (Å²) in [6.45, 7) is 4.32. The molecule has 0 atom stereocenters.